The number of ketones is 1. The predicted octanol–water partition coefficient (Wildman–Crippen LogP) is 0.826. The molecule has 490 valence electrons. The number of nitro groups is 2. The second-order valence-electron chi connectivity index (χ2n) is 17.0. The normalized spacial score (nSPS) is 13.0. The lowest BCUT2D eigenvalue weighted by Gasteiger charge is -2.23. The Hall–Kier alpha value is -8.02. The van der Waals surface area contributed by atoms with Gasteiger partial charge in [-0.2, -0.15) is 0 Å². The molecule has 0 aromatic heterocycles. The standard InChI is InChI=1S/C18H28FN5O4.C18H26FN5O4.C4H8FNO3.C4H10FNO.C2H5FO.C2H3FO.C2H5NO2.H2/c2*1-12(15(25)10-19)23-16(26)14(8-5-9-22-17(20)21)24-18(27)28-11-13-6-3-2-4-7-13;1-3(6(8)9)4(7)2-5;1-3(6)4(7)2-5;2*3-1-2-4;1-2-3(4)5;/h2-4,6-7,12,14-15,25H,5,8-11H2,1H3,(H,23,26)(H,24,27)(H4,20,21,22);2-4,6-7,12,14H,5,8-11H2,1H3,(H,23,26)(H,24,27)(H4,20,21,22);3-4,7H,2H2,1H3;3-4,7H,2,6H2,1H3;4H,1-2H2;2H,1H2;2H2,1H3;1H/t12?,14-,15?;12?,14-;;;;;;/m00....../s1. The number of aliphatic hydroxyl groups is 4. The fourth-order valence-corrected chi connectivity index (χ4v) is 4.83. The number of rotatable bonds is 30. The molecule has 2 rings (SSSR count). The zero-order valence-corrected chi connectivity index (χ0v) is 48.0. The molecule has 2 aromatic rings. The van der Waals surface area contributed by atoms with Crippen molar-refractivity contribution in [2.75, 3.05) is 66.3 Å². The largest absolute Gasteiger partial charge is 0.445 e. The van der Waals surface area contributed by atoms with Crippen molar-refractivity contribution in [1.82, 2.24) is 21.3 Å². The minimum Gasteiger partial charge on any atom is -0.445 e. The van der Waals surface area contributed by atoms with Crippen LogP contribution in [-0.2, 0) is 41.9 Å². The van der Waals surface area contributed by atoms with E-state index in [4.69, 9.17) is 58.3 Å². The van der Waals surface area contributed by atoms with Crippen LogP contribution < -0.4 is 49.9 Å². The number of aldehydes is 1. The second-order valence-corrected chi connectivity index (χ2v) is 17.0. The topological polar surface area (TPSA) is 491 Å². The molecular formula is C50H87F6N13O16. The molecule has 7 unspecified atom stereocenters. The van der Waals surface area contributed by atoms with Gasteiger partial charge in [-0.25, -0.2) is 35.9 Å². The minimum absolute atomic E-state index is 0. The molecule has 0 aliphatic rings. The monoisotopic (exact) mass is 1240 g/mol. The number of guanidine groups is 2. The number of hydrogen-bond donors (Lipinski definition) is 13. The Morgan fingerprint density at radius 3 is 1.29 bits per heavy atom. The molecule has 0 spiro atoms. The number of alkyl carbamates (subject to hydrolysis) is 2. The van der Waals surface area contributed by atoms with Crippen molar-refractivity contribution < 1.29 is 96.3 Å². The van der Waals surface area contributed by atoms with Gasteiger partial charge in [-0.05, 0) is 57.6 Å². The minimum atomic E-state index is -1.47. The van der Waals surface area contributed by atoms with E-state index in [1.165, 1.54) is 20.8 Å². The fourth-order valence-electron chi connectivity index (χ4n) is 4.83. The number of carbonyl (C=O) groups is 6. The molecule has 85 heavy (non-hydrogen) atoms. The number of benzene rings is 2. The molecule has 0 heterocycles. The second kappa shape index (κ2) is 56.5. The average molecular weight is 1240 g/mol. The SMILES string of the molecule is CC(C(O)CF)[N+](=O)[O-].CC(N)C(O)CF.CC(NC(=O)[C@H](CCCN=C(N)N)NC(=O)OCc1ccccc1)C(=O)CF.CC(NC(=O)[C@H](CCCN=C(N)N)NC(=O)OCc1ccccc1)C(O)CF.CC[N+](=O)[O-].O=CCF.OCCF.[HH]. The number of alkyl halides is 6. The Bertz CT molecular complexity index is 2160. The molecule has 0 fully saturated rings. The van der Waals surface area contributed by atoms with Crippen LogP contribution in [0.25, 0.3) is 0 Å². The molecular weight excluding hydrogens is 1150 g/mol. The first kappa shape index (κ1) is 85.8. The van der Waals surface area contributed by atoms with Crippen LogP contribution in [0.2, 0.25) is 0 Å². The van der Waals surface area contributed by atoms with E-state index < -0.39 is 129 Å². The zero-order valence-electron chi connectivity index (χ0n) is 48.0. The van der Waals surface area contributed by atoms with Crippen molar-refractivity contribution in [3.05, 3.63) is 92.0 Å². The highest BCUT2D eigenvalue weighted by atomic mass is 19.1. The molecule has 0 saturated heterocycles. The van der Waals surface area contributed by atoms with Crippen molar-refractivity contribution in [3.63, 3.8) is 0 Å². The van der Waals surface area contributed by atoms with Crippen molar-refractivity contribution in [1.29, 1.82) is 0 Å². The number of amides is 4. The Morgan fingerprint density at radius 2 is 1.04 bits per heavy atom. The summed E-state index contributed by atoms with van der Waals surface area (Å²) in [5.74, 6) is -2.12. The molecule has 4 amide bonds. The van der Waals surface area contributed by atoms with Crippen LogP contribution >= 0.6 is 0 Å². The lowest BCUT2D eigenvalue weighted by Crippen LogP contribution is -2.52. The molecule has 0 bridgehead atoms. The molecule has 0 radical (unpaired) electrons. The summed E-state index contributed by atoms with van der Waals surface area (Å²) in [4.78, 5) is 94.5. The Morgan fingerprint density at radius 1 is 0.671 bits per heavy atom. The Balaban J connectivity index is -0.000000254. The lowest BCUT2D eigenvalue weighted by atomic mass is 10.1. The van der Waals surface area contributed by atoms with Crippen LogP contribution in [0.15, 0.2) is 70.6 Å². The smallest absolute Gasteiger partial charge is 0.408 e. The van der Waals surface area contributed by atoms with Crippen LogP contribution in [0.5, 0.6) is 0 Å². The number of aliphatic hydroxyl groups excluding tert-OH is 4. The number of ether oxygens (including phenoxy) is 2. The maximum atomic E-state index is 12.6. The van der Waals surface area contributed by atoms with E-state index >= 15 is 0 Å². The summed E-state index contributed by atoms with van der Waals surface area (Å²) in [6.45, 7) is 1.84. The van der Waals surface area contributed by atoms with E-state index in [1.807, 2.05) is 24.3 Å². The first-order valence-electron chi connectivity index (χ1n) is 25.7. The number of Topliss-reactive ketones (excluding diaryl/α,β-unsaturated/α-hetero) is 1. The zero-order chi connectivity index (χ0) is 66.3. The highest BCUT2D eigenvalue weighted by Gasteiger charge is 2.27. The quantitative estimate of drug-likeness (QED) is 0.00979. The van der Waals surface area contributed by atoms with Gasteiger partial charge >= 0.3 is 12.2 Å². The number of nitrogens with one attached hydrogen (secondary N) is 4. The van der Waals surface area contributed by atoms with Gasteiger partial charge in [0.05, 0.1) is 24.8 Å². The summed E-state index contributed by atoms with van der Waals surface area (Å²) in [5, 5.41) is 62.6. The molecule has 0 saturated carbocycles. The number of hydrogen-bond acceptors (Lipinski definition) is 19. The summed E-state index contributed by atoms with van der Waals surface area (Å²) >= 11 is 0. The fraction of sp³-hybridized carbons (Fsp3) is 0.600. The molecule has 18 N–H and O–H groups in total. The summed E-state index contributed by atoms with van der Waals surface area (Å²) in [7, 11) is 0. The number of nitrogens with zero attached hydrogens (tertiary/aromatic N) is 4. The van der Waals surface area contributed by atoms with E-state index in [2.05, 4.69) is 31.3 Å². The Kier molecular flexibility index (Phi) is 57.0. The molecule has 0 aliphatic carbocycles. The number of nitrogens with two attached hydrogens (primary N) is 5. The predicted molar refractivity (Wildman–Crippen MR) is 304 cm³/mol. The van der Waals surface area contributed by atoms with E-state index in [0.717, 1.165) is 18.1 Å². The molecule has 0 aliphatic heterocycles. The van der Waals surface area contributed by atoms with Gasteiger partial charge in [-0.1, -0.05) is 60.7 Å². The van der Waals surface area contributed by atoms with Gasteiger partial charge in [0, 0.05) is 44.3 Å². The van der Waals surface area contributed by atoms with Gasteiger partial charge < -0.3 is 84.6 Å². The van der Waals surface area contributed by atoms with Crippen LogP contribution in [0.1, 0.15) is 72.9 Å². The lowest BCUT2D eigenvalue weighted by molar-refractivity contribution is -0.529. The van der Waals surface area contributed by atoms with Gasteiger partial charge in [-0.3, -0.25) is 44.6 Å². The number of aliphatic imine (C=N–C) groups is 2. The molecule has 29 nitrogen and oxygen atoms in total. The molecule has 9 atom stereocenters. The van der Waals surface area contributed by atoms with Gasteiger partial charge in [-0.15, -0.1) is 0 Å². The van der Waals surface area contributed by atoms with E-state index in [0.29, 0.717) is 12.8 Å². The maximum absolute atomic E-state index is 12.6. The maximum Gasteiger partial charge on any atom is 0.408 e. The van der Waals surface area contributed by atoms with Crippen LogP contribution in [0.3, 0.4) is 0 Å². The van der Waals surface area contributed by atoms with Crippen LogP contribution in [0.4, 0.5) is 35.9 Å². The van der Waals surface area contributed by atoms with Crippen molar-refractivity contribution in [2.45, 2.75) is 128 Å². The van der Waals surface area contributed by atoms with Crippen molar-refractivity contribution >= 4 is 48.0 Å². The highest BCUT2D eigenvalue weighted by molar-refractivity contribution is 5.92. The summed E-state index contributed by atoms with van der Waals surface area (Å²) in [5.41, 5.74) is 27.6. The van der Waals surface area contributed by atoms with Gasteiger partial charge in [0.15, 0.2) is 24.0 Å². The van der Waals surface area contributed by atoms with E-state index in [-0.39, 0.29) is 76.9 Å². The summed E-state index contributed by atoms with van der Waals surface area (Å²) in [6.07, 6.45) is -3.94. The summed E-state index contributed by atoms with van der Waals surface area (Å²) < 4.78 is 78.8. The first-order valence-corrected chi connectivity index (χ1v) is 25.7. The third-order valence-corrected chi connectivity index (χ3v) is 9.83. The molecule has 2 aromatic carbocycles. The third kappa shape index (κ3) is 53.7. The number of carbonyl (C=O) groups excluding carboxylic acids is 6. The third-order valence-electron chi connectivity index (χ3n) is 9.83. The highest BCUT2D eigenvalue weighted by Crippen LogP contribution is 2.07. The number of halogens is 6. The van der Waals surface area contributed by atoms with Crippen LogP contribution in [0, 0.1) is 20.2 Å². The Labute approximate surface area is 489 Å². The van der Waals surface area contributed by atoms with Gasteiger partial charge in [0.25, 0.3) is 0 Å². The average Bonchev–Trinajstić information content (AvgIpc) is 3.71. The first-order chi connectivity index (χ1) is 40.0. The van der Waals surface area contributed by atoms with Crippen molar-refractivity contribution in [2.24, 2.45) is 38.7 Å². The molecule has 35 heteroatoms. The van der Waals surface area contributed by atoms with E-state index in [1.54, 1.807) is 43.3 Å². The van der Waals surface area contributed by atoms with Crippen LogP contribution in [-0.4, -0.2) is 199 Å². The van der Waals surface area contributed by atoms with E-state index in [9.17, 15) is 75.7 Å². The van der Waals surface area contributed by atoms with Crippen molar-refractivity contribution in [3.8, 4) is 0 Å². The van der Waals surface area contributed by atoms with Gasteiger partial charge in [0.2, 0.25) is 24.4 Å². The summed E-state index contributed by atoms with van der Waals surface area (Å²) in [6, 6.07) is 12.6. The van der Waals surface area contributed by atoms with Gasteiger partial charge in [0.1, 0.15) is 77.6 Å².